The maximum atomic E-state index is 11.6. The summed E-state index contributed by atoms with van der Waals surface area (Å²) in [6.45, 7) is 9.40. The number of esters is 1. The van der Waals surface area contributed by atoms with Gasteiger partial charge in [-0.2, -0.15) is 0 Å². The zero-order valence-corrected chi connectivity index (χ0v) is 9.53. The van der Waals surface area contributed by atoms with Crippen molar-refractivity contribution < 1.29 is 14.3 Å². The van der Waals surface area contributed by atoms with Gasteiger partial charge in [0, 0.05) is 12.1 Å². The molecule has 4 heteroatoms. The average molecular weight is 201 g/mol. The van der Waals surface area contributed by atoms with Crippen molar-refractivity contribution in [3.05, 3.63) is 0 Å². The van der Waals surface area contributed by atoms with Crippen molar-refractivity contribution in [2.75, 3.05) is 6.61 Å². The first-order chi connectivity index (χ1) is 6.41. The van der Waals surface area contributed by atoms with Gasteiger partial charge in [0.2, 0.25) is 0 Å². The van der Waals surface area contributed by atoms with Gasteiger partial charge in [0.1, 0.15) is 0 Å². The molecule has 0 heterocycles. The Hall–Kier alpha value is -1.06. The Balaban J connectivity index is 4.52. The molecule has 0 unspecified atom stereocenters. The van der Waals surface area contributed by atoms with Crippen molar-refractivity contribution in [3.63, 3.8) is 0 Å². The van der Waals surface area contributed by atoms with Crippen LogP contribution in [0.1, 0.15) is 34.6 Å². The van der Waals surface area contributed by atoms with E-state index in [0.717, 1.165) is 0 Å². The summed E-state index contributed by atoms with van der Waals surface area (Å²) in [6, 6.07) is 0.0128. The van der Waals surface area contributed by atoms with E-state index in [4.69, 9.17) is 0 Å². The van der Waals surface area contributed by atoms with Crippen molar-refractivity contribution in [1.82, 2.24) is 4.90 Å². The van der Waals surface area contributed by atoms with Gasteiger partial charge >= 0.3 is 11.9 Å². The highest BCUT2D eigenvalue weighted by atomic mass is 16.5. The summed E-state index contributed by atoms with van der Waals surface area (Å²) in [5.74, 6) is -1.33. The normalized spacial score (nSPS) is 10.5. The van der Waals surface area contributed by atoms with Crippen molar-refractivity contribution in [2.45, 2.75) is 46.7 Å². The SMILES string of the molecule is CCOC(=O)C(=O)N(C(C)C)C(C)C. The fourth-order valence-corrected chi connectivity index (χ4v) is 1.36. The van der Waals surface area contributed by atoms with Crippen LogP contribution in [0.2, 0.25) is 0 Å². The lowest BCUT2D eigenvalue weighted by Crippen LogP contribution is -2.46. The first-order valence-electron chi connectivity index (χ1n) is 4.91. The molecule has 0 fully saturated rings. The fourth-order valence-electron chi connectivity index (χ4n) is 1.36. The molecule has 1 amide bonds. The highest BCUT2D eigenvalue weighted by Gasteiger charge is 2.27. The summed E-state index contributed by atoms with van der Waals surface area (Å²) in [6.07, 6.45) is 0. The van der Waals surface area contributed by atoms with Crippen molar-refractivity contribution in [3.8, 4) is 0 Å². The summed E-state index contributed by atoms with van der Waals surface area (Å²) in [5.41, 5.74) is 0. The molecule has 0 saturated carbocycles. The molecule has 0 rings (SSSR count). The molecule has 0 aliphatic heterocycles. The molecule has 0 radical (unpaired) electrons. The zero-order valence-electron chi connectivity index (χ0n) is 9.53. The van der Waals surface area contributed by atoms with Crippen LogP contribution in [0.4, 0.5) is 0 Å². The molecule has 14 heavy (non-hydrogen) atoms. The Kier molecular flexibility index (Phi) is 5.20. The molecule has 0 N–H and O–H groups in total. The van der Waals surface area contributed by atoms with Crippen LogP contribution in [0.25, 0.3) is 0 Å². The van der Waals surface area contributed by atoms with E-state index in [2.05, 4.69) is 4.74 Å². The lowest BCUT2D eigenvalue weighted by atomic mass is 10.2. The van der Waals surface area contributed by atoms with E-state index in [1.807, 2.05) is 27.7 Å². The van der Waals surface area contributed by atoms with E-state index in [-0.39, 0.29) is 18.7 Å². The second kappa shape index (κ2) is 5.62. The third-order valence-corrected chi connectivity index (χ3v) is 1.80. The van der Waals surface area contributed by atoms with Gasteiger partial charge in [0.25, 0.3) is 0 Å². The molecule has 82 valence electrons. The number of ether oxygens (including phenoxy) is 1. The van der Waals surface area contributed by atoms with E-state index in [0.29, 0.717) is 0 Å². The predicted octanol–water partition coefficient (Wildman–Crippen LogP) is 1.19. The highest BCUT2D eigenvalue weighted by molar-refractivity contribution is 6.32. The second-order valence-electron chi connectivity index (χ2n) is 3.62. The monoisotopic (exact) mass is 201 g/mol. The number of nitrogens with zero attached hydrogens (tertiary/aromatic N) is 1. The number of amides is 1. The first-order valence-corrected chi connectivity index (χ1v) is 4.91. The van der Waals surface area contributed by atoms with Gasteiger partial charge in [-0.25, -0.2) is 4.79 Å². The minimum atomic E-state index is -0.769. The van der Waals surface area contributed by atoms with E-state index >= 15 is 0 Å². The van der Waals surface area contributed by atoms with Crippen molar-refractivity contribution in [1.29, 1.82) is 0 Å². The average Bonchev–Trinajstić information content (AvgIpc) is 2.03. The fraction of sp³-hybridized carbons (Fsp3) is 0.800. The van der Waals surface area contributed by atoms with Crippen LogP contribution in [0.3, 0.4) is 0 Å². The number of carbonyl (C=O) groups excluding carboxylic acids is 2. The van der Waals surface area contributed by atoms with Gasteiger partial charge < -0.3 is 9.64 Å². The highest BCUT2D eigenvalue weighted by Crippen LogP contribution is 2.06. The molecule has 0 bridgehead atoms. The standard InChI is InChI=1S/C10H19NO3/c1-6-14-10(13)9(12)11(7(2)3)8(4)5/h7-8H,6H2,1-5H3. The van der Waals surface area contributed by atoms with E-state index in [1.54, 1.807) is 6.92 Å². The smallest absolute Gasteiger partial charge is 0.397 e. The van der Waals surface area contributed by atoms with Gasteiger partial charge in [-0.05, 0) is 34.6 Å². The van der Waals surface area contributed by atoms with Crippen LogP contribution < -0.4 is 0 Å². The zero-order chi connectivity index (χ0) is 11.3. The van der Waals surface area contributed by atoms with Crippen LogP contribution in [-0.4, -0.2) is 35.5 Å². The lowest BCUT2D eigenvalue weighted by Gasteiger charge is -2.29. The molecular formula is C10H19NO3. The quantitative estimate of drug-likeness (QED) is 0.509. The second-order valence-corrected chi connectivity index (χ2v) is 3.62. The summed E-state index contributed by atoms with van der Waals surface area (Å²) in [4.78, 5) is 24.3. The molecule has 0 aliphatic rings. The van der Waals surface area contributed by atoms with Gasteiger partial charge in [-0.3, -0.25) is 4.79 Å². The summed E-state index contributed by atoms with van der Waals surface area (Å²) >= 11 is 0. The van der Waals surface area contributed by atoms with E-state index in [1.165, 1.54) is 4.90 Å². The van der Waals surface area contributed by atoms with Gasteiger partial charge in [0.05, 0.1) is 6.61 Å². The summed E-state index contributed by atoms with van der Waals surface area (Å²) in [5, 5.41) is 0. The molecule has 0 aromatic heterocycles. The number of rotatable bonds is 3. The first kappa shape index (κ1) is 12.9. The Bertz CT molecular complexity index is 203. The Morgan fingerprint density at radius 1 is 1.14 bits per heavy atom. The van der Waals surface area contributed by atoms with Gasteiger partial charge in [-0.15, -0.1) is 0 Å². The third-order valence-electron chi connectivity index (χ3n) is 1.80. The van der Waals surface area contributed by atoms with Crippen LogP contribution in [0, 0.1) is 0 Å². The van der Waals surface area contributed by atoms with Crippen molar-refractivity contribution >= 4 is 11.9 Å². The number of carbonyl (C=O) groups is 2. The summed E-state index contributed by atoms with van der Waals surface area (Å²) < 4.78 is 4.65. The number of hydrogen-bond acceptors (Lipinski definition) is 3. The van der Waals surface area contributed by atoms with Gasteiger partial charge in [-0.1, -0.05) is 0 Å². The molecule has 4 nitrogen and oxygen atoms in total. The van der Waals surface area contributed by atoms with Crippen LogP contribution in [-0.2, 0) is 14.3 Å². The van der Waals surface area contributed by atoms with Crippen molar-refractivity contribution in [2.24, 2.45) is 0 Å². The molecule has 0 saturated heterocycles. The van der Waals surface area contributed by atoms with E-state index < -0.39 is 11.9 Å². The molecule has 0 atom stereocenters. The lowest BCUT2D eigenvalue weighted by molar-refractivity contribution is -0.161. The van der Waals surface area contributed by atoms with Gasteiger partial charge in [0.15, 0.2) is 0 Å². The largest absolute Gasteiger partial charge is 0.459 e. The molecule has 0 aliphatic carbocycles. The minimum Gasteiger partial charge on any atom is -0.459 e. The Labute approximate surface area is 85.2 Å². The molecular weight excluding hydrogens is 182 g/mol. The maximum absolute atomic E-state index is 11.6. The van der Waals surface area contributed by atoms with Crippen LogP contribution >= 0.6 is 0 Å². The molecule has 0 spiro atoms. The van der Waals surface area contributed by atoms with Crippen LogP contribution in [0.15, 0.2) is 0 Å². The number of hydrogen-bond donors (Lipinski definition) is 0. The molecule has 0 aromatic carbocycles. The third kappa shape index (κ3) is 3.36. The molecule has 0 aromatic rings. The maximum Gasteiger partial charge on any atom is 0.397 e. The Morgan fingerprint density at radius 2 is 1.57 bits per heavy atom. The Morgan fingerprint density at radius 3 is 1.86 bits per heavy atom. The van der Waals surface area contributed by atoms with E-state index in [9.17, 15) is 9.59 Å². The topological polar surface area (TPSA) is 46.6 Å². The minimum absolute atomic E-state index is 0.00639. The van der Waals surface area contributed by atoms with Crippen LogP contribution in [0.5, 0.6) is 0 Å². The predicted molar refractivity (Wildman–Crippen MR) is 53.8 cm³/mol. The summed E-state index contributed by atoms with van der Waals surface area (Å²) in [7, 11) is 0.